The molecule has 0 fully saturated rings. The number of ether oxygens (including phenoxy) is 1. The van der Waals surface area contributed by atoms with E-state index in [2.05, 4.69) is 0 Å². The number of aromatic carboxylic acids is 1. The number of aliphatic hydroxyl groups excluding tert-OH is 1. The number of aliphatic hydroxyl groups is 1. The highest BCUT2D eigenvalue weighted by Crippen LogP contribution is 2.08. The van der Waals surface area contributed by atoms with E-state index in [4.69, 9.17) is 9.84 Å². The number of hydrogen-bond acceptors (Lipinski definition) is 4. The normalized spacial score (nSPS) is 12.7. The van der Waals surface area contributed by atoms with Crippen LogP contribution in [0.25, 0.3) is 0 Å². The zero-order chi connectivity index (χ0) is 13.5. The van der Waals surface area contributed by atoms with Crippen LogP contribution < -0.4 is 0 Å². The minimum atomic E-state index is -0.932. The lowest BCUT2D eigenvalue weighted by molar-refractivity contribution is 0.0418. The summed E-state index contributed by atoms with van der Waals surface area (Å²) in [5.74, 6) is -0.932. The van der Waals surface area contributed by atoms with Crippen molar-refractivity contribution < 1.29 is 19.7 Å². The Balaban J connectivity index is 2.56. The molecule has 100 valence electrons. The van der Waals surface area contributed by atoms with Gasteiger partial charge < -0.3 is 14.9 Å². The predicted molar refractivity (Wildman–Crippen MR) is 67.6 cm³/mol. The molecule has 1 aromatic rings. The number of benzene rings is 1. The largest absolute Gasteiger partial charge is 0.478 e. The van der Waals surface area contributed by atoms with Gasteiger partial charge in [-0.2, -0.15) is 0 Å². The van der Waals surface area contributed by atoms with E-state index in [9.17, 15) is 9.90 Å². The molecular formula is C13H19NO4. The van der Waals surface area contributed by atoms with E-state index in [-0.39, 0.29) is 5.56 Å². The highest BCUT2D eigenvalue weighted by atomic mass is 16.5. The summed E-state index contributed by atoms with van der Waals surface area (Å²) in [6.45, 7) is 1.35. The van der Waals surface area contributed by atoms with E-state index in [1.807, 2.05) is 18.0 Å². The van der Waals surface area contributed by atoms with Crippen LogP contribution in [-0.4, -0.2) is 54.5 Å². The van der Waals surface area contributed by atoms with Gasteiger partial charge in [0.15, 0.2) is 0 Å². The maximum Gasteiger partial charge on any atom is 0.335 e. The molecule has 5 heteroatoms. The van der Waals surface area contributed by atoms with Crippen molar-refractivity contribution in [2.45, 2.75) is 12.6 Å². The van der Waals surface area contributed by atoms with Crippen molar-refractivity contribution >= 4 is 5.97 Å². The maximum atomic E-state index is 10.8. The van der Waals surface area contributed by atoms with Crippen molar-refractivity contribution in [3.8, 4) is 0 Å². The van der Waals surface area contributed by atoms with Crippen molar-refractivity contribution in [3.05, 3.63) is 35.4 Å². The zero-order valence-corrected chi connectivity index (χ0v) is 10.7. The molecule has 5 nitrogen and oxygen atoms in total. The van der Waals surface area contributed by atoms with Gasteiger partial charge in [0.2, 0.25) is 0 Å². The SMILES string of the molecule is COCC(O)CN(C)Cc1cccc(C(=O)O)c1. The predicted octanol–water partition coefficient (Wildman–Crippen LogP) is 0.824. The fraction of sp³-hybridized carbons (Fsp3) is 0.462. The molecule has 0 aromatic heterocycles. The summed E-state index contributed by atoms with van der Waals surface area (Å²) in [6, 6.07) is 6.79. The summed E-state index contributed by atoms with van der Waals surface area (Å²) in [7, 11) is 3.41. The van der Waals surface area contributed by atoms with Crippen LogP contribution in [-0.2, 0) is 11.3 Å². The van der Waals surface area contributed by atoms with Gasteiger partial charge in [-0.3, -0.25) is 4.90 Å². The van der Waals surface area contributed by atoms with Crippen LogP contribution in [0.1, 0.15) is 15.9 Å². The van der Waals surface area contributed by atoms with Crippen LogP contribution >= 0.6 is 0 Å². The third-order valence-corrected chi connectivity index (χ3v) is 2.51. The second kappa shape index (κ2) is 7.10. The molecule has 18 heavy (non-hydrogen) atoms. The fourth-order valence-electron chi connectivity index (χ4n) is 1.78. The number of rotatable bonds is 7. The van der Waals surface area contributed by atoms with E-state index in [0.29, 0.717) is 19.7 Å². The molecule has 1 atom stereocenters. The topological polar surface area (TPSA) is 70.0 Å². The summed E-state index contributed by atoms with van der Waals surface area (Å²) in [6.07, 6.45) is -0.539. The zero-order valence-electron chi connectivity index (χ0n) is 10.7. The molecule has 0 spiro atoms. The van der Waals surface area contributed by atoms with Gasteiger partial charge in [0.25, 0.3) is 0 Å². The molecule has 0 saturated carbocycles. The summed E-state index contributed by atoms with van der Waals surface area (Å²) in [5, 5.41) is 18.5. The highest BCUT2D eigenvalue weighted by Gasteiger charge is 2.09. The van der Waals surface area contributed by atoms with Crippen LogP contribution in [0.4, 0.5) is 0 Å². The Morgan fingerprint density at radius 3 is 2.83 bits per heavy atom. The first-order valence-electron chi connectivity index (χ1n) is 5.70. The van der Waals surface area contributed by atoms with E-state index < -0.39 is 12.1 Å². The molecule has 2 N–H and O–H groups in total. The smallest absolute Gasteiger partial charge is 0.335 e. The summed E-state index contributed by atoms with van der Waals surface area (Å²) in [4.78, 5) is 12.8. The van der Waals surface area contributed by atoms with E-state index >= 15 is 0 Å². The summed E-state index contributed by atoms with van der Waals surface area (Å²) >= 11 is 0. The Hall–Kier alpha value is -1.43. The molecule has 0 aliphatic carbocycles. The first-order valence-corrected chi connectivity index (χ1v) is 5.70. The third-order valence-electron chi connectivity index (χ3n) is 2.51. The van der Waals surface area contributed by atoms with E-state index in [1.165, 1.54) is 0 Å². The number of nitrogens with zero attached hydrogens (tertiary/aromatic N) is 1. The van der Waals surface area contributed by atoms with Crippen molar-refractivity contribution in [1.82, 2.24) is 4.90 Å². The minimum Gasteiger partial charge on any atom is -0.478 e. The maximum absolute atomic E-state index is 10.8. The van der Waals surface area contributed by atoms with Crippen LogP contribution in [0.5, 0.6) is 0 Å². The fourth-order valence-corrected chi connectivity index (χ4v) is 1.78. The standard InChI is InChI=1S/C13H19NO4/c1-14(8-12(15)9-18-2)7-10-4-3-5-11(6-10)13(16)17/h3-6,12,15H,7-9H2,1-2H3,(H,16,17). The average molecular weight is 253 g/mol. The van der Waals surface area contributed by atoms with Gasteiger partial charge in [0, 0.05) is 20.2 Å². The second-order valence-electron chi connectivity index (χ2n) is 4.31. The molecule has 0 aliphatic heterocycles. The highest BCUT2D eigenvalue weighted by molar-refractivity contribution is 5.87. The minimum absolute atomic E-state index is 0.276. The van der Waals surface area contributed by atoms with E-state index in [0.717, 1.165) is 5.56 Å². The van der Waals surface area contributed by atoms with Crippen molar-refractivity contribution in [1.29, 1.82) is 0 Å². The summed E-state index contributed by atoms with van der Waals surface area (Å²) in [5.41, 5.74) is 1.18. The first kappa shape index (κ1) is 14.6. The first-order chi connectivity index (χ1) is 8.52. The lowest BCUT2D eigenvalue weighted by Crippen LogP contribution is -2.31. The van der Waals surface area contributed by atoms with Gasteiger partial charge >= 0.3 is 5.97 Å². The molecule has 0 aliphatic rings. The van der Waals surface area contributed by atoms with Gasteiger partial charge in [0.05, 0.1) is 18.3 Å². The number of carbonyl (C=O) groups is 1. The average Bonchev–Trinajstić information content (AvgIpc) is 2.29. The molecule has 1 rings (SSSR count). The molecular weight excluding hydrogens is 234 g/mol. The van der Waals surface area contributed by atoms with Crippen molar-refractivity contribution in [3.63, 3.8) is 0 Å². The van der Waals surface area contributed by atoms with Gasteiger partial charge in [0.1, 0.15) is 0 Å². The van der Waals surface area contributed by atoms with Crippen molar-refractivity contribution in [2.75, 3.05) is 27.3 Å². The Morgan fingerprint density at radius 1 is 1.50 bits per heavy atom. The Bertz CT molecular complexity index is 394. The monoisotopic (exact) mass is 253 g/mol. The lowest BCUT2D eigenvalue weighted by Gasteiger charge is -2.20. The number of likely N-dealkylation sites (N-methyl/N-ethyl adjacent to an activating group) is 1. The quantitative estimate of drug-likeness (QED) is 0.753. The van der Waals surface area contributed by atoms with Crippen LogP contribution in [0, 0.1) is 0 Å². The Labute approximate surface area is 107 Å². The molecule has 0 amide bonds. The van der Waals surface area contributed by atoms with Gasteiger partial charge in [-0.05, 0) is 24.7 Å². The van der Waals surface area contributed by atoms with E-state index in [1.54, 1.807) is 25.3 Å². The molecule has 0 bridgehead atoms. The van der Waals surface area contributed by atoms with Crippen LogP contribution in [0.2, 0.25) is 0 Å². The number of carboxylic acids is 1. The van der Waals surface area contributed by atoms with Crippen LogP contribution in [0.3, 0.4) is 0 Å². The number of carboxylic acid groups (broad SMARTS) is 1. The summed E-state index contributed by atoms with van der Waals surface area (Å²) < 4.78 is 4.85. The number of methoxy groups -OCH3 is 1. The Kier molecular flexibility index (Phi) is 5.77. The van der Waals surface area contributed by atoms with Crippen molar-refractivity contribution in [2.24, 2.45) is 0 Å². The lowest BCUT2D eigenvalue weighted by atomic mass is 10.1. The second-order valence-corrected chi connectivity index (χ2v) is 4.31. The van der Waals surface area contributed by atoms with Gasteiger partial charge in [-0.15, -0.1) is 0 Å². The van der Waals surface area contributed by atoms with Crippen LogP contribution in [0.15, 0.2) is 24.3 Å². The molecule has 1 aromatic carbocycles. The van der Waals surface area contributed by atoms with Gasteiger partial charge in [-0.1, -0.05) is 12.1 Å². The van der Waals surface area contributed by atoms with Gasteiger partial charge in [-0.25, -0.2) is 4.79 Å². The number of hydrogen-bond donors (Lipinski definition) is 2. The molecule has 0 heterocycles. The molecule has 0 radical (unpaired) electrons. The molecule has 0 saturated heterocycles. The Morgan fingerprint density at radius 2 is 2.22 bits per heavy atom. The third kappa shape index (κ3) is 4.83. The molecule has 1 unspecified atom stereocenters.